The van der Waals surface area contributed by atoms with E-state index in [4.69, 9.17) is 5.53 Å². The topological polar surface area (TPSA) is 109 Å². The predicted octanol–water partition coefficient (Wildman–Crippen LogP) is -0.295. The summed E-state index contributed by atoms with van der Waals surface area (Å²) in [6.45, 7) is 0.702. The summed E-state index contributed by atoms with van der Waals surface area (Å²) in [5.74, 6) is -0.191. The molecule has 8 heteroatoms. The molecule has 0 aromatic carbocycles. The molecule has 0 saturated heterocycles. The number of nitrogens with zero attached hydrogens (tertiary/aromatic N) is 6. The fourth-order valence-corrected chi connectivity index (χ4v) is 0.807. The monoisotopic (exact) mass is 195 g/mol. The highest BCUT2D eigenvalue weighted by Gasteiger charge is 2.00. The first kappa shape index (κ1) is 10.0. The summed E-state index contributed by atoms with van der Waals surface area (Å²) in [7, 11) is 0. The molecule has 1 rings (SSSR count). The van der Waals surface area contributed by atoms with E-state index in [-0.39, 0.29) is 19.0 Å². The van der Waals surface area contributed by atoms with Crippen LogP contribution in [-0.4, -0.2) is 33.8 Å². The third-order valence-electron chi connectivity index (χ3n) is 1.37. The van der Waals surface area contributed by atoms with Gasteiger partial charge >= 0.3 is 0 Å². The summed E-state index contributed by atoms with van der Waals surface area (Å²) in [4.78, 5) is 17.4. The van der Waals surface area contributed by atoms with Crippen molar-refractivity contribution in [2.75, 3.05) is 13.1 Å². The van der Waals surface area contributed by atoms with Gasteiger partial charge in [0.1, 0.15) is 19.2 Å². The van der Waals surface area contributed by atoms with Crippen LogP contribution in [0.1, 0.15) is 0 Å². The highest BCUT2D eigenvalue weighted by atomic mass is 16.2. The number of hydrogen-bond acceptors (Lipinski definition) is 4. The lowest BCUT2D eigenvalue weighted by molar-refractivity contribution is -0.121. The number of carbonyl (C=O) groups is 1. The molecule has 0 unspecified atom stereocenters. The van der Waals surface area contributed by atoms with Crippen molar-refractivity contribution in [3.05, 3.63) is 23.1 Å². The Labute approximate surface area is 79.6 Å². The normalized spacial score (nSPS) is 9.14. The molecule has 0 aliphatic rings. The van der Waals surface area contributed by atoms with Crippen molar-refractivity contribution in [2.45, 2.75) is 6.54 Å². The van der Waals surface area contributed by atoms with Gasteiger partial charge in [0.25, 0.3) is 0 Å². The van der Waals surface area contributed by atoms with E-state index in [1.165, 1.54) is 17.3 Å². The smallest absolute Gasteiger partial charge is 0.241 e. The van der Waals surface area contributed by atoms with Crippen LogP contribution in [0.3, 0.4) is 0 Å². The lowest BCUT2D eigenvalue weighted by Gasteiger charge is -2.01. The molecule has 1 N–H and O–H groups in total. The van der Waals surface area contributed by atoms with Crippen LogP contribution in [0.4, 0.5) is 0 Å². The number of azide groups is 1. The summed E-state index contributed by atoms with van der Waals surface area (Å²) in [5, 5.41) is 9.60. The SMILES string of the molecule is [N-]=[N+]=NCCNC(=O)Cn1cncn1. The molecule has 0 aliphatic heterocycles. The van der Waals surface area contributed by atoms with Gasteiger partial charge in [0.2, 0.25) is 5.91 Å². The number of hydrogen-bond donors (Lipinski definition) is 1. The molecule has 1 heterocycles. The van der Waals surface area contributed by atoms with Crippen LogP contribution in [0.5, 0.6) is 0 Å². The summed E-state index contributed by atoms with van der Waals surface area (Å²) in [5.41, 5.74) is 7.96. The Balaban J connectivity index is 2.20. The van der Waals surface area contributed by atoms with Crippen molar-refractivity contribution in [2.24, 2.45) is 5.11 Å². The molecular formula is C6H9N7O. The zero-order chi connectivity index (χ0) is 10.2. The molecule has 0 atom stereocenters. The largest absolute Gasteiger partial charge is 0.354 e. The Kier molecular flexibility index (Phi) is 3.96. The molecule has 0 aliphatic carbocycles. The molecule has 74 valence electrons. The number of nitrogens with one attached hydrogen (secondary N) is 1. The first-order chi connectivity index (χ1) is 6.83. The Morgan fingerprint density at radius 1 is 1.71 bits per heavy atom. The highest BCUT2D eigenvalue weighted by molar-refractivity contribution is 5.75. The zero-order valence-corrected chi connectivity index (χ0v) is 7.37. The summed E-state index contributed by atoms with van der Waals surface area (Å²) in [6, 6.07) is 0. The second-order valence-electron chi connectivity index (χ2n) is 2.40. The fraction of sp³-hybridized carbons (Fsp3) is 0.500. The highest BCUT2D eigenvalue weighted by Crippen LogP contribution is 1.80. The number of rotatable bonds is 5. The summed E-state index contributed by atoms with van der Waals surface area (Å²) in [6.07, 6.45) is 2.81. The van der Waals surface area contributed by atoms with Crippen molar-refractivity contribution in [1.29, 1.82) is 0 Å². The third-order valence-corrected chi connectivity index (χ3v) is 1.37. The van der Waals surface area contributed by atoms with Crippen LogP contribution in [0.25, 0.3) is 10.4 Å². The maximum atomic E-state index is 11.1. The van der Waals surface area contributed by atoms with E-state index in [0.717, 1.165) is 0 Å². The van der Waals surface area contributed by atoms with Crippen LogP contribution < -0.4 is 5.32 Å². The second-order valence-corrected chi connectivity index (χ2v) is 2.40. The second kappa shape index (κ2) is 5.55. The number of carbonyl (C=O) groups excluding carboxylic acids is 1. The van der Waals surface area contributed by atoms with Gasteiger partial charge in [-0.1, -0.05) is 5.11 Å². The standard InChI is InChI=1S/C6H9N7O/c7-12-10-2-1-9-6(14)3-13-5-8-4-11-13/h4-5H,1-3H2,(H,9,14). The minimum absolute atomic E-state index is 0.121. The fourth-order valence-electron chi connectivity index (χ4n) is 0.807. The maximum Gasteiger partial charge on any atom is 0.241 e. The van der Waals surface area contributed by atoms with E-state index in [1.807, 2.05) is 0 Å². The van der Waals surface area contributed by atoms with Gasteiger partial charge in [-0.2, -0.15) is 5.10 Å². The van der Waals surface area contributed by atoms with Crippen LogP contribution in [0.2, 0.25) is 0 Å². The Bertz CT molecular complexity index is 326. The summed E-state index contributed by atoms with van der Waals surface area (Å²) < 4.78 is 1.41. The van der Waals surface area contributed by atoms with Gasteiger partial charge in [-0.05, 0) is 5.53 Å². The van der Waals surface area contributed by atoms with E-state index in [0.29, 0.717) is 6.54 Å². The Hall–Kier alpha value is -2.08. The molecule has 8 nitrogen and oxygen atoms in total. The van der Waals surface area contributed by atoms with E-state index < -0.39 is 0 Å². The molecular weight excluding hydrogens is 186 g/mol. The van der Waals surface area contributed by atoms with Crippen LogP contribution in [0, 0.1) is 0 Å². The van der Waals surface area contributed by atoms with Crippen LogP contribution in [0.15, 0.2) is 17.8 Å². The molecule has 14 heavy (non-hydrogen) atoms. The van der Waals surface area contributed by atoms with Gasteiger partial charge in [0.15, 0.2) is 0 Å². The minimum atomic E-state index is -0.191. The van der Waals surface area contributed by atoms with E-state index >= 15 is 0 Å². The van der Waals surface area contributed by atoms with Crippen molar-refractivity contribution < 1.29 is 4.79 Å². The minimum Gasteiger partial charge on any atom is -0.354 e. The predicted molar refractivity (Wildman–Crippen MR) is 47.0 cm³/mol. The average Bonchev–Trinajstić information content (AvgIpc) is 2.65. The molecule has 0 spiro atoms. The summed E-state index contributed by atoms with van der Waals surface area (Å²) >= 11 is 0. The molecule has 1 aromatic heterocycles. The Morgan fingerprint density at radius 2 is 2.57 bits per heavy atom. The molecule has 0 fully saturated rings. The van der Waals surface area contributed by atoms with Crippen molar-refractivity contribution >= 4 is 5.91 Å². The quantitative estimate of drug-likeness (QED) is 0.301. The van der Waals surface area contributed by atoms with Crippen molar-refractivity contribution in [1.82, 2.24) is 20.1 Å². The van der Waals surface area contributed by atoms with Gasteiger partial charge in [0, 0.05) is 18.0 Å². The van der Waals surface area contributed by atoms with Gasteiger partial charge in [0.05, 0.1) is 0 Å². The average molecular weight is 195 g/mol. The molecule has 1 amide bonds. The Morgan fingerprint density at radius 3 is 3.21 bits per heavy atom. The molecule has 1 aromatic rings. The number of aromatic nitrogens is 3. The zero-order valence-electron chi connectivity index (χ0n) is 7.37. The van der Waals surface area contributed by atoms with E-state index in [9.17, 15) is 4.79 Å². The number of amides is 1. The van der Waals surface area contributed by atoms with Crippen molar-refractivity contribution in [3.63, 3.8) is 0 Å². The van der Waals surface area contributed by atoms with Gasteiger partial charge < -0.3 is 5.32 Å². The van der Waals surface area contributed by atoms with Crippen LogP contribution >= 0.6 is 0 Å². The maximum absolute atomic E-state index is 11.1. The first-order valence-corrected chi connectivity index (χ1v) is 3.93. The van der Waals surface area contributed by atoms with E-state index in [1.54, 1.807) is 0 Å². The molecule has 0 bridgehead atoms. The lowest BCUT2D eigenvalue weighted by atomic mass is 10.5. The van der Waals surface area contributed by atoms with E-state index in [2.05, 4.69) is 25.4 Å². The van der Waals surface area contributed by atoms with Crippen molar-refractivity contribution in [3.8, 4) is 0 Å². The van der Waals surface area contributed by atoms with Gasteiger partial charge in [-0.3, -0.25) is 4.79 Å². The lowest BCUT2D eigenvalue weighted by Crippen LogP contribution is -2.29. The first-order valence-electron chi connectivity index (χ1n) is 3.93. The van der Waals surface area contributed by atoms with Gasteiger partial charge in [-0.15, -0.1) is 0 Å². The third kappa shape index (κ3) is 3.55. The van der Waals surface area contributed by atoms with Gasteiger partial charge in [-0.25, -0.2) is 9.67 Å². The molecule has 0 saturated carbocycles. The molecule has 0 radical (unpaired) electrons. The van der Waals surface area contributed by atoms with Crippen LogP contribution in [-0.2, 0) is 11.3 Å².